The van der Waals surface area contributed by atoms with Gasteiger partial charge in [0.2, 0.25) is 0 Å². The lowest BCUT2D eigenvalue weighted by atomic mass is 10.0. The average Bonchev–Trinajstić information content (AvgIpc) is 2.43. The van der Waals surface area contributed by atoms with Crippen LogP contribution in [0.2, 0.25) is 0 Å². The smallest absolute Gasteiger partial charge is 0.253 e. The van der Waals surface area contributed by atoms with Gasteiger partial charge in [-0.25, -0.2) is 0 Å². The van der Waals surface area contributed by atoms with Gasteiger partial charge >= 0.3 is 0 Å². The van der Waals surface area contributed by atoms with Crippen LogP contribution in [-0.2, 0) is 11.2 Å². The molecule has 1 amide bonds. The lowest BCUT2D eigenvalue weighted by Gasteiger charge is -2.20. The average molecular weight is 248 g/mol. The molecule has 0 aliphatic carbocycles. The largest absolute Gasteiger partial charge is 0.385 e. The van der Waals surface area contributed by atoms with E-state index >= 15 is 0 Å². The van der Waals surface area contributed by atoms with Gasteiger partial charge < -0.3 is 15.0 Å². The van der Waals surface area contributed by atoms with Gasteiger partial charge in [0.15, 0.2) is 0 Å². The monoisotopic (exact) mass is 248 g/mol. The van der Waals surface area contributed by atoms with Crippen LogP contribution in [0.5, 0.6) is 0 Å². The number of fused-ring (bicyclic) bond motifs is 1. The first-order valence-electron chi connectivity index (χ1n) is 6.33. The number of carbonyl (C=O) groups is 1. The Labute approximate surface area is 108 Å². The number of anilines is 1. The van der Waals surface area contributed by atoms with E-state index in [1.165, 1.54) is 5.56 Å². The van der Waals surface area contributed by atoms with Gasteiger partial charge in [0.25, 0.3) is 5.91 Å². The number of rotatable bonds is 4. The van der Waals surface area contributed by atoms with Crippen LogP contribution in [0, 0.1) is 0 Å². The van der Waals surface area contributed by atoms with Gasteiger partial charge in [0, 0.05) is 38.5 Å². The van der Waals surface area contributed by atoms with E-state index in [-0.39, 0.29) is 5.91 Å². The summed E-state index contributed by atoms with van der Waals surface area (Å²) < 4.78 is 4.99. The van der Waals surface area contributed by atoms with E-state index < -0.39 is 0 Å². The molecule has 18 heavy (non-hydrogen) atoms. The third-order valence-corrected chi connectivity index (χ3v) is 3.27. The van der Waals surface area contributed by atoms with Crippen LogP contribution in [0.3, 0.4) is 0 Å². The second-order valence-corrected chi connectivity index (χ2v) is 4.62. The Kier molecular flexibility index (Phi) is 4.20. The fourth-order valence-corrected chi connectivity index (χ4v) is 2.16. The molecule has 1 aliphatic heterocycles. The zero-order chi connectivity index (χ0) is 13.0. The molecule has 0 atom stereocenters. The lowest BCUT2D eigenvalue weighted by Crippen LogP contribution is -2.30. The number of ether oxygens (including phenoxy) is 1. The van der Waals surface area contributed by atoms with E-state index in [2.05, 4.69) is 5.32 Å². The second-order valence-electron chi connectivity index (χ2n) is 4.62. The molecule has 4 nitrogen and oxygen atoms in total. The fraction of sp³-hybridized carbons (Fsp3) is 0.500. The summed E-state index contributed by atoms with van der Waals surface area (Å²) in [5.41, 5.74) is 3.17. The molecule has 0 spiro atoms. The maximum atomic E-state index is 12.2. The summed E-state index contributed by atoms with van der Waals surface area (Å²) in [6, 6.07) is 5.90. The van der Waals surface area contributed by atoms with Crippen molar-refractivity contribution in [3.8, 4) is 0 Å². The highest BCUT2D eigenvalue weighted by Gasteiger charge is 2.15. The van der Waals surface area contributed by atoms with Gasteiger partial charge in [-0.05, 0) is 36.6 Å². The highest BCUT2D eigenvalue weighted by Crippen LogP contribution is 2.23. The molecular weight excluding hydrogens is 228 g/mol. The van der Waals surface area contributed by atoms with Gasteiger partial charge in [-0.3, -0.25) is 4.79 Å². The molecule has 4 heteroatoms. The van der Waals surface area contributed by atoms with E-state index in [4.69, 9.17) is 4.74 Å². The molecule has 0 unspecified atom stereocenters. The minimum Gasteiger partial charge on any atom is -0.385 e. The minimum atomic E-state index is 0.0559. The molecule has 0 saturated heterocycles. The Bertz CT molecular complexity index is 432. The van der Waals surface area contributed by atoms with Crippen LogP contribution >= 0.6 is 0 Å². The van der Waals surface area contributed by atoms with Gasteiger partial charge in [-0.1, -0.05) is 0 Å². The second kappa shape index (κ2) is 5.87. The molecule has 2 rings (SSSR count). The molecule has 1 N–H and O–H groups in total. The minimum absolute atomic E-state index is 0.0559. The Morgan fingerprint density at radius 1 is 1.50 bits per heavy atom. The fourth-order valence-electron chi connectivity index (χ4n) is 2.16. The SMILES string of the molecule is COCCN(C)C(=O)c1ccc2c(c1)CCCN2. The Morgan fingerprint density at radius 2 is 2.33 bits per heavy atom. The number of hydrogen-bond donors (Lipinski definition) is 1. The van der Waals surface area contributed by atoms with Crippen molar-refractivity contribution < 1.29 is 9.53 Å². The van der Waals surface area contributed by atoms with E-state index in [1.54, 1.807) is 19.1 Å². The topological polar surface area (TPSA) is 41.6 Å². The standard InChI is InChI=1S/C14H20N2O2/c1-16(8-9-18-2)14(17)12-5-6-13-11(10-12)4-3-7-15-13/h5-6,10,15H,3-4,7-9H2,1-2H3. The van der Waals surface area contributed by atoms with Crippen LogP contribution in [-0.4, -0.2) is 44.7 Å². The summed E-state index contributed by atoms with van der Waals surface area (Å²) in [6.07, 6.45) is 2.18. The van der Waals surface area contributed by atoms with Gasteiger partial charge in [-0.2, -0.15) is 0 Å². The molecule has 0 saturated carbocycles. The van der Waals surface area contributed by atoms with Crippen molar-refractivity contribution in [2.75, 3.05) is 39.2 Å². The quantitative estimate of drug-likeness (QED) is 0.883. The number of aryl methyl sites for hydroxylation is 1. The van der Waals surface area contributed by atoms with Crippen molar-refractivity contribution in [1.29, 1.82) is 0 Å². The number of amides is 1. The first-order valence-corrected chi connectivity index (χ1v) is 6.33. The van der Waals surface area contributed by atoms with E-state index in [0.29, 0.717) is 13.2 Å². The molecular formula is C14H20N2O2. The van der Waals surface area contributed by atoms with Crippen molar-refractivity contribution in [3.63, 3.8) is 0 Å². The molecule has 0 fully saturated rings. The van der Waals surface area contributed by atoms with Crippen molar-refractivity contribution in [3.05, 3.63) is 29.3 Å². The van der Waals surface area contributed by atoms with Gasteiger partial charge in [-0.15, -0.1) is 0 Å². The van der Waals surface area contributed by atoms with Crippen LogP contribution in [0.1, 0.15) is 22.3 Å². The number of likely N-dealkylation sites (N-methyl/N-ethyl adjacent to an activating group) is 1. The summed E-state index contributed by atoms with van der Waals surface area (Å²) in [7, 11) is 3.45. The molecule has 0 radical (unpaired) electrons. The number of nitrogens with zero attached hydrogens (tertiary/aromatic N) is 1. The molecule has 1 aliphatic rings. The van der Waals surface area contributed by atoms with Crippen LogP contribution in [0.25, 0.3) is 0 Å². The molecule has 0 bridgehead atoms. The zero-order valence-electron chi connectivity index (χ0n) is 11.0. The zero-order valence-corrected chi connectivity index (χ0v) is 11.0. The molecule has 0 aromatic heterocycles. The lowest BCUT2D eigenvalue weighted by molar-refractivity contribution is 0.0744. The maximum Gasteiger partial charge on any atom is 0.253 e. The molecule has 1 heterocycles. The number of methoxy groups -OCH3 is 1. The van der Waals surface area contributed by atoms with Gasteiger partial charge in [0.1, 0.15) is 0 Å². The normalized spacial score (nSPS) is 13.7. The number of carbonyl (C=O) groups excluding carboxylic acids is 1. The number of benzene rings is 1. The predicted octanol–water partition coefficient (Wildman–Crippen LogP) is 1.76. The van der Waals surface area contributed by atoms with Crippen molar-refractivity contribution in [2.45, 2.75) is 12.8 Å². The van der Waals surface area contributed by atoms with E-state index in [1.807, 2.05) is 18.2 Å². The summed E-state index contributed by atoms with van der Waals surface area (Å²) in [4.78, 5) is 13.9. The van der Waals surface area contributed by atoms with Crippen LogP contribution in [0.4, 0.5) is 5.69 Å². The molecule has 98 valence electrons. The maximum absolute atomic E-state index is 12.2. The third kappa shape index (κ3) is 2.82. The highest BCUT2D eigenvalue weighted by molar-refractivity contribution is 5.94. The first kappa shape index (κ1) is 12.9. The summed E-state index contributed by atoms with van der Waals surface area (Å²) in [6.45, 7) is 2.20. The first-order chi connectivity index (χ1) is 8.72. The van der Waals surface area contributed by atoms with Gasteiger partial charge in [0.05, 0.1) is 6.61 Å². The van der Waals surface area contributed by atoms with Crippen molar-refractivity contribution >= 4 is 11.6 Å². The Morgan fingerprint density at radius 3 is 3.11 bits per heavy atom. The van der Waals surface area contributed by atoms with E-state index in [9.17, 15) is 4.79 Å². The highest BCUT2D eigenvalue weighted by atomic mass is 16.5. The van der Waals surface area contributed by atoms with Crippen molar-refractivity contribution in [2.24, 2.45) is 0 Å². The number of hydrogen-bond acceptors (Lipinski definition) is 3. The molecule has 1 aromatic carbocycles. The third-order valence-electron chi connectivity index (χ3n) is 3.27. The molecule has 1 aromatic rings. The summed E-state index contributed by atoms with van der Waals surface area (Å²) in [5.74, 6) is 0.0559. The summed E-state index contributed by atoms with van der Waals surface area (Å²) >= 11 is 0. The number of nitrogens with one attached hydrogen (secondary N) is 1. The van der Waals surface area contributed by atoms with E-state index in [0.717, 1.165) is 30.6 Å². The van der Waals surface area contributed by atoms with Crippen LogP contribution < -0.4 is 5.32 Å². The Hall–Kier alpha value is -1.55. The summed E-state index contributed by atoms with van der Waals surface area (Å²) in [5, 5.41) is 3.35. The Balaban J connectivity index is 2.10. The van der Waals surface area contributed by atoms with Crippen molar-refractivity contribution in [1.82, 2.24) is 4.90 Å². The van der Waals surface area contributed by atoms with Crippen LogP contribution in [0.15, 0.2) is 18.2 Å². The predicted molar refractivity (Wildman–Crippen MR) is 72.1 cm³/mol.